The Labute approximate surface area is 152 Å². The van der Waals surface area contributed by atoms with Crippen molar-refractivity contribution in [2.24, 2.45) is 4.99 Å². The Kier molecular flexibility index (Phi) is 5.73. The molecule has 6 nitrogen and oxygen atoms in total. The number of aliphatic carboxylic acids is 1. The van der Waals surface area contributed by atoms with E-state index in [1.807, 2.05) is 36.5 Å². The summed E-state index contributed by atoms with van der Waals surface area (Å²) in [5, 5.41) is 8.65. The first-order valence-electron chi connectivity index (χ1n) is 8.75. The molecule has 1 aliphatic rings. The molecule has 136 valence electrons. The Morgan fingerprint density at radius 3 is 2.88 bits per heavy atom. The fourth-order valence-electron chi connectivity index (χ4n) is 2.91. The van der Waals surface area contributed by atoms with Gasteiger partial charge in [0.25, 0.3) is 0 Å². The number of unbranched alkanes of at least 4 members (excludes halogenated alkanes) is 2. The predicted molar refractivity (Wildman–Crippen MR) is 101 cm³/mol. The molecule has 0 bridgehead atoms. The zero-order valence-electron chi connectivity index (χ0n) is 14.8. The first-order chi connectivity index (χ1) is 12.7. The molecule has 0 spiro atoms. The zero-order valence-corrected chi connectivity index (χ0v) is 14.8. The topological polar surface area (TPSA) is 90.5 Å². The van der Waals surface area contributed by atoms with Gasteiger partial charge in [-0.2, -0.15) is 0 Å². The number of rotatable bonds is 9. The molecule has 0 unspecified atom stereocenters. The lowest BCUT2D eigenvalue weighted by Gasteiger charge is -2.01. The monoisotopic (exact) mass is 353 g/mol. The smallest absolute Gasteiger partial charge is 0.303 e. The van der Waals surface area contributed by atoms with Crippen LogP contribution in [-0.2, 0) is 16.0 Å². The Morgan fingerprint density at radius 1 is 1.27 bits per heavy atom. The lowest BCUT2D eigenvalue weighted by molar-refractivity contribution is -0.137. The maximum Gasteiger partial charge on any atom is 0.303 e. The molecule has 2 aromatic rings. The van der Waals surface area contributed by atoms with Crippen LogP contribution in [0.3, 0.4) is 0 Å². The van der Waals surface area contributed by atoms with Gasteiger partial charge in [0, 0.05) is 30.1 Å². The Hall–Kier alpha value is -3.02. The van der Waals surface area contributed by atoms with E-state index in [1.165, 1.54) is 0 Å². The summed E-state index contributed by atoms with van der Waals surface area (Å²) < 4.78 is 5.44. The van der Waals surface area contributed by atoms with Crippen molar-refractivity contribution in [2.75, 3.05) is 7.11 Å². The predicted octanol–water partition coefficient (Wildman–Crippen LogP) is 3.90. The van der Waals surface area contributed by atoms with Crippen LogP contribution in [0.1, 0.15) is 42.8 Å². The molecule has 6 heteroatoms. The van der Waals surface area contributed by atoms with E-state index >= 15 is 0 Å². The molecular weight excluding hydrogens is 330 g/mol. The van der Waals surface area contributed by atoms with E-state index in [2.05, 4.69) is 21.0 Å². The summed E-state index contributed by atoms with van der Waals surface area (Å²) in [4.78, 5) is 21.7. The molecule has 0 saturated heterocycles. The summed E-state index contributed by atoms with van der Waals surface area (Å²) in [6.45, 7) is 0. The molecule has 0 atom stereocenters. The van der Waals surface area contributed by atoms with Gasteiger partial charge in [0.05, 0.1) is 18.5 Å². The zero-order chi connectivity index (χ0) is 18.4. The Morgan fingerprint density at radius 2 is 2.15 bits per heavy atom. The second-order valence-electron chi connectivity index (χ2n) is 6.22. The molecule has 0 aromatic carbocycles. The minimum Gasteiger partial charge on any atom is -0.494 e. The van der Waals surface area contributed by atoms with Crippen LogP contribution in [0.4, 0.5) is 0 Å². The summed E-state index contributed by atoms with van der Waals surface area (Å²) in [6, 6.07) is 8.00. The van der Waals surface area contributed by atoms with Crippen molar-refractivity contribution in [1.82, 2.24) is 9.97 Å². The standard InChI is InChI=1S/C20H23N3O3/c1-26-19-13-17(16-7-5-11-21-16)23-18(19)12-15-10-9-14(22-15)6-3-2-4-8-20(24)25/h5,7,9-13,21-22H,2-4,6,8H2,1H3,(H,24,25). The quantitative estimate of drug-likeness (QED) is 0.597. The maximum absolute atomic E-state index is 10.5. The van der Waals surface area contributed by atoms with Gasteiger partial charge in [-0.3, -0.25) is 4.79 Å². The lowest BCUT2D eigenvalue weighted by atomic mass is 10.1. The van der Waals surface area contributed by atoms with Gasteiger partial charge in [0.1, 0.15) is 11.5 Å². The van der Waals surface area contributed by atoms with E-state index in [-0.39, 0.29) is 6.42 Å². The van der Waals surface area contributed by atoms with Crippen molar-refractivity contribution in [3.63, 3.8) is 0 Å². The van der Waals surface area contributed by atoms with Crippen molar-refractivity contribution in [1.29, 1.82) is 0 Å². The van der Waals surface area contributed by atoms with Crippen LogP contribution in [0.25, 0.3) is 6.08 Å². The maximum atomic E-state index is 10.5. The highest BCUT2D eigenvalue weighted by Crippen LogP contribution is 2.24. The first kappa shape index (κ1) is 17.8. The van der Waals surface area contributed by atoms with Crippen molar-refractivity contribution in [3.8, 4) is 0 Å². The molecule has 3 N–H and O–H groups in total. The highest BCUT2D eigenvalue weighted by molar-refractivity contribution is 6.11. The molecule has 0 radical (unpaired) electrons. The number of ether oxygens (including phenoxy) is 1. The molecule has 0 amide bonds. The number of carboxylic acid groups (broad SMARTS) is 1. The summed E-state index contributed by atoms with van der Waals surface area (Å²) in [5.74, 6) is 0.0102. The number of aromatic amines is 2. The molecule has 2 aromatic heterocycles. The summed E-state index contributed by atoms with van der Waals surface area (Å²) in [6.07, 6.45) is 9.54. The molecular formula is C20H23N3O3. The number of methoxy groups -OCH3 is 1. The Bertz CT molecular complexity index is 842. The normalized spacial score (nSPS) is 15.2. The fourth-order valence-corrected chi connectivity index (χ4v) is 2.91. The van der Waals surface area contributed by atoms with Crippen LogP contribution in [0.15, 0.2) is 53.0 Å². The second kappa shape index (κ2) is 8.38. The number of H-pyrrole nitrogens is 2. The van der Waals surface area contributed by atoms with Crippen LogP contribution in [0.5, 0.6) is 0 Å². The van der Waals surface area contributed by atoms with Crippen LogP contribution in [-0.4, -0.2) is 33.9 Å². The number of aromatic nitrogens is 2. The van der Waals surface area contributed by atoms with Gasteiger partial charge in [0.2, 0.25) is 0 Å². The van der Waals surface area contributed by atoms with Crippen LogP contribution >= 0.6 is 0 Å². The minimum absolute atomic E-state index is 0.245. The van der Waals surface area contributed by atoms with E-state index in [1.54, 1.807) is 7.11 Å². The van der Waals surface area contributed by atoms with E-state index in [4.69, 9.17) is 9.84 Å². The van der Waals surface area contributed by atoms with Gasteiger partial charge in [-0.15, -0.1) is 0 Å². The third-order valence-corrected chi connectivity index (χ3v) is 4.25. The molecule has 1 aliphatic heterocycles. The van der Waals surface area contributed by atoms with Gasteiger partial charge >= 0.3 is 5.97 Å². The third kappa shape index (κ3) is 4.53. The Balaban J connectivity index is 1.62. The summed E-state index contributed by atoms with van der Waals surface area (Å²) in [5.41, 5.74) is 4.70. The van der Waals surface area contributed by atoms with E-state index in [0.717, 1.165) is 59.9 Å². The average Bonchev–Trinajstić information content (AvgIpc) is 3.35. The third-order valence-electron chi connectivity index (χ3n) is 4.25. The average molecular weight is 353 g/mol. The number of aliphatic imine (C=N–C) groups is 1. The molecule has 3 heterocycles. The molecule has 0 aliphatic carbocycles. The van der Waals surface area contributed by atoms with Crippen molar-refractivity contribution < 1.29 is 14.6 Å². The fraction of sp³-hybridized carbons (Fsp3) is 0.300. The minimum atomic E-state index is -0.725. The lowest BCUT2D eigenvalue weighted by Crippen LogP contribution is -1.94. The van der Waals surface area contributed by atoms with E-state index < -0.39 is 5.97 Å². The highest BCUT2D eigenvalue weighted by atomic mass is 16.5. The van der Waals surface area contributed by atoms with Crippen LogP contribution < -0.4 is 0 Å². The van der Waals surface area contributed by atoms with Crippen molar-refractivity contribution in [3.05, 3.63) is 65.1 Å². The van der Waals surface area contributed by atoms with Crippen LogP contribution in [0.2, 0.25) is 0 Å². The number of carboxylic acids is 1. The van der Waals surface area contributed by atoms with Gasteiger partial charge in [0.15, 0.2) is 0 Å². The van der Waals surface area contributed by atoms with Gasteiger partial charge < -0.3 is 19.8 Å². The van der Waals surface area contributed by atoms with Gasteiger partial charge in [-0.25, -0.2) is 4.99 Å². The second-order valence-corrected chi connectivity index (χ2v) is 6.22. The van der Waals surface area contributed by atoms with Gasteiger partial charge in [-0.1, -0.05) is 6.42 Å². The molecule has 26 heavy (non-hydrogen) atoms. The summed E-state index contributed by atoms with van der Waals surface area (Å²) in [7, 11) is 1.64. The van der Waals surface area contributed by atoms with E-state index in [9.17, 15) is 4.79 Å². The van der Waals surface area contributed by atoms with E-state index in [0.29, 0.717) is 0 Å². The molecule has 0 fully saturated rings. The SMILES string of the molecule is COC1=CC(c2ccc[nH]2)=NC1=Cc1ccc(CCCCCC(=O)O)[nH]1. The van der Waals surface area contributed by atoms with Crippen molar-refractivity contribution in [2.45, 2.75) is 32.1 Å². The first-order valence-corrected chi connectivity index (χ1v) is 8.75. The number of nitrogens with one attached hydrogen (secondary N) is 2. The summed E-state index contributed by atoms with van der Waals surface area (Å²) >= 11 is 0. The van der Waals surface area contributed by atoms with Gasteiger partial charge in [-0.05, 0) is 49.6 Å². The number of carbonyl (C=O) groups is 1. The number of hydrogen-bond donors (Lipinski definition) is 3. The number of aryl methyl sites for hydroxylation is 1. The van der Waals surface area contributed by atoms with Crippen LogP contribution in [0, 0.1) is 0 Å². The molecule has 0 saturated carbocycles. The van der Waals surface area contributed by atoms with Crippen molar-refractivity contribution >= 4 is 17.8 Å². The molecule has 3 rings (SSSR count). The largest absolute Gasteiger partial charge is 0.494 e. The number of hydrogen-bond acceptors (Lipinski definition) is 3. The number of nitrogens with zero attached hydrogens (tertiary/aromatic N) is 1. The number of allylic oxidation sites excluding steroid dienone is 1. The highest BCUT2D eigenvalue weighted by Gasteiger charge is 2.17.